The Labute approximate surface area is 205 Å². The van der Waals surface area contributed by atoms with Gasteiger partial charge < -0.3 is 9.64 Å². The molecule has 34 heavy (non-hydrogen) atoms. The smallest absolute Gasteiger partial charge is 0.248 e. The monoisotopic (exact) mass is 498 g/mol. The number of carbonyl (C=O) groups excluding carboxylic acids is 1. The minimum Gasteiger partial charge on any atom is -0.489 e. The molecule has 2 aromatic rings. The molecule has 1 aliphatic carbocycles. The summed E-state index contributed by atoms with van der Waals surface area (Å²) in [5.41, 5.74) is 1.93. The third kappa shape index (κ3) is 5.49. The van der Waals surface area contributed by atoms with Crippen LogP contribution in [0.3, 0.4) is 0 Å². The SMILES string of the molecule is O=C(CCC1CCCC1)N=C1SC2CS(=O)(=O)CC2N1c1ccc(OCc2ccccc2)cc1. The van der Waals surface area contributed by atoms with E-state index in [0.717, 1.165) is 23.4 Å². The molecule has 1 saturated carbocycles. The van der Waals surface area contributed by atoms with Crippen LogP contribution in [0.25, 0.3) is 0 Å². The summed E-state index contributed by atoms with van der Waals surface area (Å²) in [7, 11) is -3.09. The number of anilines is 1. The number of rotatable bonds is 7. The van der Waals surface area contributed by atoms with Crippen LogP contribution in [-0.4, -0.2) is 42.3 Å². The van der Waals surface area contributed by atoms with Gasteiger partial charge in [-0.2, -0.15) is 4.99 Å². The lowest BCUT2D eigenvalue weighted by Gasteiger charge is -2.24. The Balaban J connectivity index is 1.31. The predicted molar refractivity (Wildman–Crippen MR) is 137 cm³/mol. The van der Waals surface area contributed by atoms with Crippen LogP contribution in [0.5, 0.6) is 5.75 Å². The Kier molecular flexibility index (Phi) is 6.97. The van der Waals surface area contributed by atoms with Crippen molar-refractivity contribution in [3.8, 4) is 5.75 Å². The maximum atomic E-state index is 12.7. The number of hydrogen-bond donors (Lipinski definition) is 0. The van der Waals surface area contributed by atoms with Crippen molar-refractivity contribution in [2.45, 2.75) is 56.4 Å². The van der Waals surface area contributed by atoms with E-state index in [-0.39, 0.29) is 28.7 Å². The Morgan fingerprint density at radius 2 is 1.76 bits per heavy atom. The highest BCUT2D eigenvalue weighted by molar-refractivity contribution is 8.16. The van der Waals surface area contributed by atoms with E-state index < -0.39 is 9.84 Å². The van der Waals surface area contributed by atoms with Gasteiger partial charge >= 0.3 is 0 Å². The second kappa shape index (κ2) is 10.1. The molecule has 1 amide bonds. The molecule has 2 heterocycles. The summed E-state index contributed by atoms with van der Waals surface area (Å²) >= 11 is 1.43. The van der Waals surface area contributed by atoms with Gasteiger partial charge in [0.2, 0.25) is 5.91 Å². The molecule has 0 bridgehead atoms. The summed E-state index contributed by atoms with van der Waals surface area (Å²) in [6.07, 6.45) is 6.31. The third-order valence-corrected chi connectivity index (χ3v) is 10.1. The molecule has 0 radical (unpaired) electrons. The first kappa shape index (κ1) is 23.4. The van der Waals surface area contributed by atoms with Crippen molar-refractivity contribution in [2.75, 3.05) is 16.4 Å². The van der Waals surface area contributed by atoms with Gasteiger partial charge in [0.05, 0.1) is 17.5 Å². The number of ether oxygens (including phenoxy) is 1. The summed E-state index contributed by atoms with van der Waals surface area (Å²) in [5.74, 6) is 1.49. The highest BCUT2D eigenvalue weighted by atomic mass is 32.2. The molecular weight excluding hydrogens is 468 g/mol. The molecule has 2 unspecified atom stereocenters. The normalized spacial score (nSPS) is 25.1. The van der Waals surface area contributed by atoms with Gasteiger partial charge in [0.15, 0.2) is 15.0 Å². The molecule has 2 aliphatic heterocycles. The number of fused-ring (bicyclic) bond motifs is 1. The molecule has 5 rings (SSSR count). The summed E-state index contributed by atoms with van der Waals surface area (Å²) in [5, 5.41) is 0.527. The van der Waals surface area contributed by atoms with Crippen molar-refractivity contribution in [2.24, 2.45) is 10.9 Å². The number of hydrogen-bond acceptors (Lipinski definition) is 5. The molecule has 0 N–H and O–H groups in total. The molecule has 0 spiro atoms. The number of amidine groups is 1. The van der Waals surface area contributed by atoms with Gasteiger partial charge in [-0.3, -0.25) is 4.79 Å². The lowest BCUT2D eigenvalue weighted by molar-refractivity contribution is -0.118. The van der Waals surface area contributed by atoms with Gasteiger partial charge in [-0.15, -0.1) is 0 Å². The summed E-state index contributed by atoms with van der Waals surface area (Å²) in [6, 6.07) is 17.4. The van der Waals surface area contributed by atoms with E-state index in [9.17, 15) is 13.2 Å². The maximum absolute atomic E-state index is 12.7. The molecule has 2 atom stereocenters. The van der Waals surface area contributed by atoms with Gasteiger partial charge in [0, 0.05) is 17.4 Å². The van der Waals surface area contributed by atoms with Crippen molar-refractivity contribution in [3.63, 3.8) is 0 Å². The van der Waals surface area contributed by atoms with Crippen LogP contribution >= 0.6 is 11.8 Å². The highest BCUT2D eigenvalue weighted by Crippen LogP contribution is 2.41. The molecule has 180 valence electrons. The second-order valence-electron chi connectivity index (χ2n) is 9.42. The van der Waals surface area contributed by atoms with Crippen LogP contribution in [0.15, 0.2) is 59.6 Å². The lowest BCUT2D eigenvalue weighted by atomic mass is 10.0. The number of thioether (sulfide) groups is 1. The first-order valence-electron chi connectivity index (χ1n) is 12.0. The Morgan fingerprint density at radius 3 is 2.50 bits per heavy atom. The fraction of sp³-hybridized carbons (Fsp3) is 0.462. The van der Waals surface area contributed by atoms with Crippen LogP contribution in [0.1, 0.15) is 44.1 Å². The number of sulfone groups is 1. The van der Waals surface area contributed by atoms with Crippen LogP contribution in [0, 0.1) is 5.92 Å². The van der Waals surface area contributed by atoms with Gasteiger partial charge in [-0.05, 0) is 42.2 Å². The topological polar surface area (TPSA) is 76.0 Å². The fourth-order valence-corrected chi connectivity index (χ4v) is 9.03. The molecule has 3 aliphatic rings. The molecule has 6 nitrogen and oxygen atoms in total. The summed E-state index contributed by atoms with van der Waals surface area (Å²) < 4.78 is 30.5. The van der Waals surface area contributed by atoms with Crippen LogP contribution in [0.4, 0.5) is 5.69 Å². The Bertz CT molecular complexity index is 1140. The van der Waals surface area contributed by atoms with E-state index in [2.05, 4.69) is 4.99 Å². The minimum atomic E-state index is -3.09. The highest BCUT2D eigenvalue weighted by Gasteiger charge is 2.49. The van der Waals surface area contributed by atoms with Gasteiger partial charge in [-0.25, -0.2) is 8.42 Å². The predicted octanol–water partition coefficient (Wildman–Crippen LogP) is 4.84. The molecule has 8 heteroatoms. The average molecular weight is 499 g/mol. The van der Waals surface area contributed by atoms with E-state index in [1.54, 1.807) is 0 Å². The van der Waals surface area contributed by atoms with E-state index in [1.165, 1.54) is 37.4 Å². The number of aliphatic imine (C=N–C) groups is 1. The van der Waals surface area contributed by atoms with Crippen molar-refractivity contribution < 1.29 is 17.9 Å². The van der Waals surface area contributed by atoms with Crippen molar-refractivity contribution in [3.05, 3.63) is 60.2 Å². The summed E-state index contributed by atoms with van der Waals surface area (Å²) in [4.78, 5) is 19.1. The van der Waals surface area contributed by atoms with Gasteiger partial charge in [-0.1, -0.05) is 67.8 Å². The van der Waals surface area contributed by atoms with E-state index >= 15 is 0 Å². The average Bonchev–Trinajstić information content (AvgIpc) is 3.52. The molecule has 2 saturated heterocycles. The van der Waals surface area contributed by atoms with E-state index in [1.807, 2.05) is 59.5 Å². The zero-order valence-electron chi connectivity index (χ0n) is 19.1. The fourth-order valence-electron chi connectivity index (χ4n) is 5.10. The zero-order chi connectivity index (χ0) is 23.5. The first-order chi connectivity index (χ1) is 16.5. The minimum absolute atomic E-state index is 0.0895. The molecular formula is C26H30N2O4S2. The lowest BCUT2D eigenvalue weighted by Crippen LogP contribution is -2.37. The van der Waals surface area contributed by atoms with E-state index in [0.29, 0.717) is 24.1 Å². The van der Waals surface area contributed by atoms with E-state index in [4.69, 9.17) is 4.74 Å². The zero-order valence-corrected chi connectivity index (χ0v) is 20.8. The maximum Gasteiger partial charge on any atom is 0.248 e. The van der Waals surface area contributed by atoms with Crippen LogP contribution < -0.4 is 9.64 Å². The van der Waals surface area contributed by atoms with Gasteiger partial charge in [0.25, 0.3) is 0 Å². The van der Waals surface area contributed by atoms with Crippen LogP contribution in [-0.2, 0) is 21.2 Å². The van der Waals surface area contributed by atoms with Crippen molar-refractivity contribution in [1.29, 1.82) is 0 Å². The van der Waals surface area contributed by atoms with Crippen molar-refractivity contribution >= 4 is 38.4 Å². The number of carbonyl (C=O) groups is 1. The number of benzene rings is 2. The van der Waals surface area contributed by atoms with Crippen LogP contribution in [0.2, 0.25) is 0 Å². The molecule has 2 aromatic carbocycles. The first-order valence-corrected chi connectivity index (χ1v) is 14.7. The Hall–Kier alpha value is -2.32. The molecule has 3 fully saturated rings. The largest absolute Gasteiger partial charge is 0.489 e. The van der Waals surface area contributed by atoms with Crippen molar-refractivity contribution in [1.82, 2.24) is 0 Å². The number of nitrogens with zero attached hydrogens (tertiary/aromatic N) is 2. The Morgan fingerprint density at radius 1 is 1.03 bits per heavy atom. The second-order valence-corrected chi connectivity index (χ2v) is 12.8. The molecule has 0 aromatic heterocycles. The standard InChI is InChI=1S/C26H30N2O4S2/c29-25(15-10-19-6-4-5-7-19)27-26-28(23-17-34(30,31)18-24(23)33-26)21-11-13-22(14-12-21)32-16-20-8-2-1-3-9-20/h1-3,8-9,11-14,19,23-24H,4-7,10,15-18H2. The quantitative estimate of drug-likeness (QED) is 0.544. The third-order valence-electron chi connectivity index (χ3n) is 6.89. The summed E-state index contributed by atoms with van der Waals surface area (Å²) in [6.45, 7) is 0.477. The number of amides is 1. The van der Waals surface area contributed by atoms with Gasteiger partial charge in [0.1, 0.15) is 12.4 Å².